The average Bonchev–Trinajstić information content (AvgIpc) is 2.11. The van der Waals surface area contributed by atoms with E-state index in [1.165, 1.54) is 0 Å². The second-order valence-corrected chi connectivity index (χ2v) is 3.86. The maximum Gasteiger partial charge on any atom is 0.110 e. The van der Waals surface area contributed by atoms with Gasteiger partial charge in [0.05, 0.1) is 0 Å². The van der Waals surface area contributed by atoms with Gasteiger partial charge in [-0.05, 0) is 18.4 Å². The predicted molar refractivity (Wildman–Crippen MR) is 41.2 cm³/mol. The van der Waals surface area contributed by atoms with Crippen molar-refractivity contribution in [2.24, 2.45) is 5.41 Å². The molecule has 58 valence electrons. The van der Waals surface area contributed by atoms with Crippen LogP contribution in [0.4, 0.5) is 0 Å². The standard InChI is InChI=1S/C8H15NO/c1-6-5-7(10-9-6)8(2,3)4/h5,7,9H,1-4H3. The predicted octanol–water partition coefficient (Wildman–Crippen LogP) is 1.84. The number of nitrogens with one attached hydrogen (secondary N) is 1. The Bertz CT molecular complexity index is 155. The van der Waals surface area contributed by atoms with Gasteiger partial charge in [0.2, 0.25) is 0 Å². The van der Waals surface area contributed by atoms with Crippen molar-refractivity contribution < 1.29 is 4.84 Å². The SMILES string of the molecule is CC1=CC(C(C)(C)C)ON1. The molecule has 1 aliphatic heterocycles. The van der Waals surface area contributed by atoms with Crippen molar-refractivity contribution in [2.75, 3.05) is 0 Å². The van der Waals surface area contributed by atoms with Gasteiger partial charge >= 0.3 is 0 Å². The minimum atomic E-state index is 0.199. The Balaban J connectivity index is 2.61. The lowest BCUT2D eigenvalue weighted by Gasteiger charge is -2.23. The molecule has 0 saturated carbocycles. The summed E-state index contributed by atoms with van der Waals surface area (Å²) in [7, 11) is 0. The maximum absolute atomic E-state index is 5.29. The second-order valence-electron chi connectivity index (χ2n) is 3.86. The summed E-state index contributed by atoms with van der Waals surface area (Å²) in [6.07, 6.45) is 2.33. The van der Waals surface area contributed by atoms with Crippen LogP contribution in [0.1, 0.15) is 27.7 Å². The summed E-state index contributed by atoms with van der Waals surface area (Å²) in [6.45, 7) is 8.49. The molecule has 2 heteroatoms. The van der Waals surface area contributed by atoms with Gasteiger partial charge in [-0.25, -0.2) is 0 Å². The highest BCUT2D eigenvalue weighted by Gasteiger charge is 2.27. The summed E-state index contributed by atoms with van der Waals surface area (Å²) in [5.74, 6) is 0. The molecular formula is C8H15NO. The van der Waals surface area contributed by atoms with Crippen molar-refractivity contribution in [2.45, 2.75) is 33.8 Å². The molecule has 0 aromatic heterocycles. The van der Waals surface area contributed by atoms with Crippen LogP contribution in [0.25, 0.3) is 0 Å². The molecule has 1 rings (SSSR count). The molecule has 0 radical (unpaired) electrons. The number of hydrogen-bond acceptors (Lipinski definition) is 2. The first-order valence-electron chi connectivity index (χ1n) is 3.60. The third-order valence-corrected chi connectivity index (χ3v) is 1.60. The molecule has 0 spiro atoms. The molecule has 1 heterocycles. The zero-order chi connectivity index (χ0) is 7.78. The highest BCUT2D eigenvalue weighted by Crippen LogP contribution is 2.26. The summed E-state index contributed by atoms with van der Waals surface area (Å²) >= 11 is 0. The van der Waals surface area contributed by atoms with Gasteiger partial charge in [0.25, 0.3) is 0 Å². The first-order chi connectivity index (χ1) is 4.50. The van der Waals surface area contributed by atoms with Crippen LogP contribution in [0.15, 0.2) is 11.8 Å². The van der Waals surface area contributed by atoms with Crippen LogP contribution in [-0.2, 0) is 4.84 Å². The van der Waals surface area contributed by atoms with Gasteiger partial charge in [0.1, 0.15) is 6.10 Å². The molecule has 1 aliphatic rings. The second kappa shape index (κ2) is 2.27. The Morgan fingerprint density at radius 2 is 2.10 bits per heavy atom. The zero-order valence-electron chi connectivity index (χ0n) is 7.06. The van der Waals surface area contributed by atoms with Crippen molar-refractivity contribution in [3.8, 4) is 0 Å². The Labute approximate surface area is 62.2 Å². The van der Waals surface area contributed by atoms with Crippen molar-refractivity contribution in [1.29, 1.82) is 0 Å². The molecule has 1 N–H and O–H groups in total. The topological polar surface area (TPSA) is 21.3 Å². The molecule has 1 atom stereocenters. The molecule has 0 fully saturated rings. The lowest BCUT2D eigenvalue weighted by molar-refractivity contribution is -0.0153. The summed E-state index contributed by atoms with van der Waals surface area (Å²) in [5, 5.41) is 0. The van der Waals surface area contributed by atoms with Gasteiger partial charge in [-0.2, -0.15) is 0 Å². The molecule has 0 aromatic rings. The van der Waals surface area contributed by atoms with Crippen LogP contribution in [0.3, 0.4) is 0 Å². The first kappa shape index (κ1) is 7.61. The van der Waals surface area contributed by atoms with Crippen molar-refractivity contribution in [3.63, 3.8) is 0 Å². The zero-order valence-corrected chi connectivity index (χ0v) is 7.06. The van der Waals surface area contributed by atoms with E-state index in [2.05, 4.69) is 32.3 Å². The van der Waals surface area contributed by atoms with E-state index in [4.69, 9.17) is 4.84 Å². The lowest BCUT2D eigenvalue weighted by Crippen LogP contribution is -2.26. The summed E-state index contributed by atoms with van der Waals surface area (Å²) in [4.78, 5) is 5.29. The van der Waals surface area contributed by atoms with Crippen LogP contribution in [0.2, 0.25) is 0 Å². The van der Waals surface area contributed by atoms with Crippen LogP contribution in [-0.4, -0.2) is 6.10 Å². The van der Waals surface area contributed by atoms with Crippen LogP contribution < -0.4 is 5.48 Å². The highest BCUT2D eigenvalue weighted by molar-refractivity contribution is 5.06. The number of rotatable bonds is 0. The number of hydrogen-bond donors (Lipinski definition) is 1. The van der Waals surface area contributed by atoms with E-state index in [1.54, 1.807) is 0 Å². The van der Waals surface area contributed by atoms with E-state index in [0.29, 0.717) is 0 Å². The van der Waals surface area contributed by atoms with E-state index >= 15 is 0 Å². The fourth-order valence-corrected chi connectivity index (χ4v) is 0.878. The average molecular weight is 141 g/mol. The third kappa shape index (κ3) is 1.51. The molecule has 0 saturated heterocycles. The normalized spacial score (nSPS) is 26.0. The molecule has 0 aromatic carbocycles. The van der Waals surface area contributed by atoms with Crippen LogP contribution in [0, 0.1) is 5.41 Å². The molecule has 0 aliphatic carbocycles. The Morgan fingerprint density at radius 3 is 2.30 bits per heavy atom. The molecule has 0 bridgehead atoms. The van der Waals surface area contributed by atoms with E-state index in [9.17, 15) is 0 Å². The first-order valence-corrected chi connectivity index (χ1v) is 3.60. The smallest absolute Gasteiger partial charge is 0.110 e. The van der Waals surface area contributed by atoms with Crippen molar-refractivity contribution in [3.05, 3.63) is 11.8 Å². The molecular weight excluding hydrogens is 126 g/mol. The van der Waals surface area contributed by atoms with Gasteiger partial charge < -0.3 is 0 Å². The summed E-state index contributed by atoms with van der Waals surface area (Å²) in [5.41, 5.74) is 4.15. The van der Waals surface area contributed by atoms with Crippen LogP contribution in [0.5, 0.6) is 0 Å². The Morgan fingerprint density at radius 1 is 1.50 bits per heavy atom. The number of hydroxylamine groups is 1. The van der Waals surface area contributed by atoms with Crippen molar-refractivity contribution >= 4 is 0 Å². The van der Waals surface area contributed by atoms with E-state index in [1.807, 2.05) is 6.92 Å². The fourth-order valence-electron chi connectivity index (χ4n) is 0.878. The third-order valence-electron chi connectivity index (χ3n) is 1.60. The maximum atomic E-state index is 5.29. The minimum Gasteiger partial charge on any atom is -0.271 e. The molecule has 0 amide bonds. The minimum absolute atomic E-state index is 0.199. The molecule has 2 nitrogen and oxygen atoms in total. The lowest BCUT2D eigenvalue weighted by atomic mass is 9.89. The van der Waals surface area contributed by atoms with Crippen molar-refractivity contribution in [1.82, 2.24) is 5.48 Å². The van der Waals surface area contributed by atoms with Crippen LogP contribution >= 0.6 is 0 Å². The van der Waals surface area contributed by atoms with E-state index in [0.717, 1.165) is 5.70 Å². The summed E-state index contributed by atoms with van der Waals surface area (Å²) in [6, 6.07) is 0. The largest absolute Gasteiger partial charge is 0.271 e. The fraction of sp³-hybridized carbons (Fsp3) is 0.750. The number of allylic oxidation sites excluding steroid dienone is 1. The Kier molecular flexibility index (Phi) is 1.73. The van der Waals surface area contributed by atoms with Gasteiger partial charge in [-0.3, -0.25) is 10.3 Å². The van der Waals surface area contributed by atoms with Gasteiger partial charge in [0.15, 0.2) is 0 Å². The Hall–Kier alpha value is -0.500. The van der Waals surface area contributed by atoms with Gasteiger partial charge in [0, 0.05) is 5.70 Å². The highest BCUT2D eigenvalue weighted by atomic mass is 16.7. The quantitative estimate of drug-likeness (QED) is 0.555. The van der Waals surface area contributed by atoms with E-state index < -0.39 is 0 Å². The monoisotopic (exact) mass is 141 g/mol. The van der Waals surface area contributed by atoms with Gasteiger partial charge in [-0.15, -0.1) is 0 Å². The molecule has 1 unspecified atom stereocenters. The molecule has 10 heavy (non-hydrogen) atoms. The summed E-state index contributed by atoms with van der Waals surface area (Å²) < 4.78 is 0. The van der Waals surface area contributed by atoms with E-state index in [-0.39, 0.29) is 11.5 Å². The van der Waals surface area contributed by atoms with Gasteiger partial charge in [-0.1, -0.05) is 20.8 Å².